The Labute approximate surface area is 159 Å². The van der Waals surface area contributed by atoms with E-state index in [0.29, 0.717) is 50.5 Å². The molecule has 1 fully saturated rings. The second kappa shape index (κ2) is 9.15. The highest BCUT2D eigenvalue weighted by Gasteiger charge is 2.21. The molecule has 3 rings (SSSR count). The van der Waals surface area contributed by atoms with Gasteiger partial charge in [0.1, 0.15) is 5.82 Å². The van der Waals surface area contributed by atoms with Crippen LogP contribution in [0.4, 0.5) is 10.1 Å². The second-order valence-electron chi connectivity index (χ2n) is 6.63. The van der Waals surface area contributed by atoms with Crippen molar-refractivity contribution >= 4 is 11.6 Å². The first-order valence-electron chi connectivity index (χ1n) is 9.13. The number of amides is 1. The highest BCUT2D eigenvalue weighted by atomic mass is 19.1. The van der Waals surface area contributed by atoms with E-state index in [1.807, 2.05) is 41.3 Å². The van der Waals surface area contributed by atoms with Crippen molar-refractivity contribution in [2.45, 2.75) is 6.42 Å². The monoisotopic (exact) mass is 366 g/mol. The van der Waals surface area contributed by atoms with Crippen molar-refractivity contribution in [1.29, 1.82) is 5.26 Å². The third kappa shape index (κ3) is 5.28. The number of benzene rings is 2. The molecule has 2 aromatic carbocycles. The number of rotatable bonds is 6. The third-order valence-corrected chi connectivity index (χ3v) is 4.74. The van der Waals surface area contributed by atoms with E-state index < -0.39 is 0 Å². The molecule has 5 nitrogen and oxygen atoms in total. The molecule has 0 unspecified atom stereocenters. The van der Waals surface area contributed by atoms with Crippen molar-refractivity contribution in [2.75, 3.05) is 44.2 Å². The Bertz CT molecular complexity index is 811. The summed E-state index contributed by atoms with van der Waals surface area (Å²) >= 11 is 0. The molecule has 0 saturated carbocycles. The Hall–Kier alpha value is -2.91. The summed E-state index contributed by atoms with van der Waals surface area (Å²) in [5, 5.41) is 11.8. The maximum Gasteiger partial charge on any atom is 0.234 e. The van der Waals surface area contributed by atoms with Crippen LogP contribution < -0.4 is 10.2 Å². The standard InChI is InChI=1S/C21H23FN4O/c22-19-14-18(15-23)6-7-20(19)26-12-10-25(11-13-26)16-21(27)24-9-8-17-4-2-1-3-5-17/h1-7,14H,8-13,16H2,(H,24,27). The van der Waals surface area contributed by atoms with Crippen molar-refractivity contribution < 1.29 is 9.18 Å². The van der Waals surface area contributed by atoms with E-state index in [-0.39, 0.29) is 11.7 Å². The van der Waals surface area contributed by atoms with Gasteiger partial charge in [-0.25, -0.2) is 4.39 Å². The molecule has 1 aliphatic rings. The minimum atomic E-state index is -0.374. The molecule has 0 atom stereocenters. The Morgan fingerprint density at radius 2 is 1.85 bits per heavy atom. The number of nitrogens with zero attached hydrogens (tertiary/aromatic N) is 3. The first-order chi connectivity index (χ1) is 13.2. The molecule has 6 heteroatoms. The van der Waals surface area contributed by atoms with Crippen LogP contribution in [0.1, 0.15) is 11.1 Å². The molecule has 1 aliphatic heterocycles. The molecule has 0 bridgehead atoms. The first kappa shape index (κ1) is 18.9. The van der Waals surface area contributed by atoms with Crippen molar-refractivity contribution in [3.63, 3.8) is 0 Å². The number of hydrogen-bond donors (Lipinski definition) is 1. The maximum absolute atomic E-state index is 14.1. The molecule has 27 heavy (non-hydrogen) atoms. The van der Waals surface area contributed by atoms with E-state index in [9.17, 15) is 9.18 Å². The molecule has 0 radical (unpaired) electrons. The molecule has 1 amide bonds. The van der Waals surface area contributed by atoms with Gasteiger partial charge in [-0.1, -0.05) is 30.3 Å². The Balaban J connectivity index is 1.41. The lowest BCUT2D eigenvalue weighted by Crippen LogP contribution is -2.49. The minimum Gasteiger partial charge on any atom is -0.367 e. The third-order valence-electron chi connectivity index (χ3n) is 4.74. The van der Waals surface area contributed by atoms with Gasteiger partial charge in [-0.15, -0.1) is 0 Å². The van der Waals surface area contributed by atoms with Crippen LogP contribution in [0, 0.1) is 17.1 Å². The zero-order valence-electron chi connectivity index (χ0n) is 15.2. The van der Waals surface area contributed by atoms with Crippen LogP contribution in [0.25, 0.3) is 0 Å². The van der Waals surface area contributed by atoms with Gasteiger partial charge in [-0.3, -0.25) is 9.69 Å². The fraction of sp³-hybridized carbons (Fsp3) is 0.333. The number of nitrogens with one attached hydrogen (secondary N) is 1. The van der Waals surface area contributed by atoms with E-state index in [2.05, 4.69) is 10.2 Å². The molecule has 0 spiro atoms. The summed E-state index contributed by atoms with van der Waals surface area (Å²) in [4.78, 5) is 16.2. The SMILES string of the molecule is N#Cc1ccc(N2CCN(CC(=O)NCCc3ccccc3)CC2)c(F)c1. The van der Waals surface area contributed by atoms with Crippen molar-refractivity contribution in [3.8, 4) is 6.07 Å². The number of piperazine rings is 1. The second-order valence-corrected chi connectivity index (χ2v) is 6.63. The summed E-state index contributed by atoms with van der Waals surface area (Å²) < 4.78 is 14.1. The lowest BCUT2D eigenvalue weighted by molar-refractivity contribution is -0.122. The van der Waals surface area contributed by atoms with E-state index in [1.165, 1.54) is 11.6 Å². The van der Waals surface area contributed by atoms with E-state index in [4.69, 9.17) is 5.26 Å². The number of anilines is 1. The quantitative estimate of drug-likeness (QED) is 0.851. The average Bonchev–Trinajstić information content (AvgIpc) is 2.69. The van der Waals surface area contributed by atoms with Gasteiger partial charge in [0.2, 0.25) is 5.91 Å². The van der Waals surface area contributed by atoms with E-state index in [1.54, 1.807) is 12.1 Å². The van der Waals surface area contributed by atoms with Crippen LogP contribution in [0.2, 0.25) is 0 Å². The Morgan fingerprint density at radius 1 is 1.11 bits per heavy atom. The van der Waals surface area contributed by atoms with Gasteiger partial charge in [0.15, 0.2) is 0 Å². The largest absolute Gasteiger partial charge is 0.367 e. The summed E-state index contributed by atoms with van der Waals surface area (Å²) in [5.41, 5.74) is 2.04. The van der Waals surface area contributed by atoms with Gasteiger partial charge in [0.05, 0.1) is 23.9 Å². The van der Waals surface area contributed by atoms with Crippen molar-refractivity contribution in [1.82, 2.24) is 10.2 Å². The normalized spacial score (nSPS) is 14.6. The molecular weight excluding hydrogens is 343 g/mol. The van der Waals surface area contributed by atoms with Crippen LogP contribution in [0.5, 0.6) is 0 Å². The lowest BCUT2D eigenvalue weighted by atomic mass is 10.1. The summed E-state index contributed by atoms with van der Waals surface area (Å²) in [5.74, 6) is -0.356. The molecule has 0 aromatic heterocycles. The lowest BCUT2D eigenvalue weighted by Gasteiger charge is -2.35. The molecule has 2 aromatic rings. The van der Waals surface area contributed by atoms with E-state index in [0.717, 1.165) is 6.42 Å². The highest BCUT2D eigenvalue weighted by molar-refractivity contribution is 5.78. The number of carbonyl (C=O) groups is 1. The predicted molar refractivity (Wildman–Crippen MR) is 103 cm³/mol. The van der Waals surface area contributed by atoms with Crippen LogP contribution in [-0.2, 0) is 11.2 Å². The van der Waals surface area contributed by atoms with Crippen LogP contribution in [-0.4, -0.2) is 50.1 Å². The Morgan fingerprint density at radius 3 is 2.52 bits per heavy atom. The molecule has 0 aliphatic carbocycles. The highest BCUT2D eigenvalue weighted by Crippen LogP contribution is 2.21. The number of carbonyl (C=O) groups excluding carboxylic acids is 1. The topological polar surface area (TPSA) is 59.4 Å². The van der Waals surface area contributed by atoms with Gasteiger partial charge in [0, 0.05) is 32.7 Å². The fourth-order valence-electron chi connectivity index (χ4n) is 3.23. The smallest absolute Gasteiger partial charge is 0.234 e. The molecule has 1 saturated heterocycles. The van der Waals surface area contributed by atoms with Gasteiger partial charge in [-0.05, 0) is 30.2 Å². The summed E-state index contributed by atoms with van der Waals surface area (Å²) in [6.07, 6.45) is 0.818. The van der Waals surface area contributed by atoms with Gasteiger partial charge in [-0.2, -0.15) is 5.26 Å². The first-order valence-corrected chi connectivity index (χ1v) is 9.13. The molecule has 140 valence electrons. The summed E-state index contributed by atoms with van der Waals surface area (Å²) in [6.45, 7) is 3.69. The summed E-state index contributed by atoms with van der Waals surface area (Å²) in [6, 6.07) is 16.6. The maximum atomic E-state index is 14.1. The van der Waals surface area contributed by atoms with Gasteiger partial charge < -0.3 is 10.2 Å². The zero-order chi connectivity index (χ0) is 19.1. The number of hydrogen-bond acceptors (Lipinski definition) is 4. The zero-order valence-corrected chi connectivity index (χ0v) is 15.2. The van der Waals surface area contributed by atoms with E-state index >= 15 is 0 Å². The Kier molecular flexibility index (Phi) is 6.39. The van der Waals surface area contributed by atoms with Crippen molar-refractivity contribution in [2.24, 2.45) is 0 Å². The van der Waals surface area contributed by atoms with Crippen molar-refractivity contribution in [3.05, 3.63) is 65.5 Å². The molecule has 1 heterocycles. The molecule has 1 N–H and O–H groups in total. The minimum absolute atomic E-state index is 0.0175. The molecular formula is C21H23FN4O. The number of nitriles is 1. The fourth-order valence-corrected chi connectivity index (χ4v) is 3.23. The van der Waals surface area contributed by atoms with Crippen LogP contribution in [0.15, 0.2) is 48.5 Å². The summed E-state index contributed by atoms with van der Waals surface area (Å²) in [7, 11) is 0. The predicted octanol–water partition coefficient (Wildman–Crippen LogP) is 2.18. The van der Waals surface area contributed by atoms with Crippen LogP contribution >= 0.6 is 0 Å². The van der Waals surface area contributed by atoms with Crippen LogP contribution in [0.3, 0.4) is 0 Å². The number of halogens is 1. The van der Waals surface area contributed by atoms with Gasteiger partial charge >= 0.3 is 0 Å². The average molecular weight is 366 g/mol. The van der Waals surface area contributed by atoms with Gasteiger partial charge in [0.25, 0.3) is 0 Å².